The summed E-state index contributed by atoms with van der Waals surface area (Å²) >= 11 is 5.84. The molecule has 7 nitrogen and oxygen atoms in total. The second kappa shape index (κ2) is 6.81. The lowest BCUT2D eigenvalue weighted by Crippen LogP contribution is -2.12. The molecule has 0 fully saturated rings. The number of halogens is 1. The molecule has 0 radical (unpaired) electrons. The third-order valence-corrected chi connectivity index (χ3v) is 5.19. The van der Waals surface area contributed by atoms with Gasteiger partial charge in [0.05, 0.1) is 4.90 Å². The highest BCUT2D eigenvalue weighted by atomic mass is 35.5. The minimum absolute atomic E-state index is 0.0481. The quantitative estimate of drug-likeness (QED) is 0.695. The van der Waals surface area contributed by atoms with Crippen LogP contribution in [0.15, 0.2) is 59.6 Å². The number of benzene rings is 2. The molecule has 0 amide bonds. The van der Waals surface area contributed by atoms with Crippen molar-refractivity contribution in [1.82, 2.24) is 9.78 Å². The van der Waals surface area contributed by atoms with Crippen LogP contribution in [0.3, 0.4) is 0 Å². The van der Waals surface area contributed by atoms with E-state index in [1.165, 1.54) is 35.1 Å². The third-order valence-electron chi connectivity index (χ3n) is 3.58. The summed E-state index contributed by atoms with van der Waals surface area (Å²) in [5, 5.41) is 13.7. The fourth-order valence-electron chi connectivity index (χ4n) is 2.40. The van der Waals surface area contributed by atoms with E-state index in [-0.39, 0.29) is 10.5 Å². The van der Waals surface area contributed by atoms with E-state index in [2.05, 4.69) is 9.82 Å². The summed E-state index contributed by atoms with van der Waals surface area (Å²) in [4.78, 5) is 11.3. The highest BCUT2D eigenvalue weighted by Crippen LogP contribution is 2.25. The zero-order chi connectivity index (χ0) is 18.9. The zero-order valence-electron chi connectivity index (χ0n) is 13.5. The zero-order valence-corrected chi connectivity index (χ0v) is 15.1. The van der Waals surface area contributed by atoms with E-state index in [4.69, 9.17) is 11.6 Å². The van der Waals surface area contributed by atoms with Gasteiger partial charge in [0.2, 0.25) is 0 Å². The first kappa shape index (κ1) is 18.0. The molecule has 0 unspecified atom stereocenters. The van der Waals surface area contributed by atoms with Gasteiger partial charge in [-0.2, -0.15) is 5.10 Å². The minimum atomic E-state index is -3.78. The number of carboxylic acid groups (broad SMARTS) is 1. The summed E-state index contributed by atoms with van der Waals surface area (Å²) in [5.41, 5.74) is 1.28. The largest absolute Gasteiger partial charge is 0.478 e. The number of aryl methyl sites for hydroxylation is 1. The van der Waals surface area contributed by atoms with E-state index in [1.54, 1.807) is 31.3 Å². The first-order chi connectivity index (χ1) is 12.3. The smallest absolute Gasteiger partial charge is 0.339 e. The minimum Gasteiger partial charge on any atom is -0.478 e. The van der Waals surface area contributed by atoms with Crippen LogP contribution in [-0.2, 0) is 17.1 Å². The Morgan fingerprint density at radius 2 is 1.88 bits per heavy atom. The van der Waals surface area contributed by atoms with Crippen LogP contribution in [0.25, 0.3) is 11.3 Å². The van der Waals surface area contributed by atoms with Crippen LogP contribution < -0.4 is 4.72 Å². The van der Waals surface area contributed by atoms with Gasteiger partial charge in [0.25, 0.3) is 10.0 Å². The molecule has 1 aromatic heterocycles. The molecule has 2 aromatic carbocycles. The number of anilines is 1. The van der Waals surface area contributed by atoms with Crippen molar-refractivity contribution >= 4 is 33.3 Å². The van der Waals surface area contributed by atoms with Crippen molar-refractivity contribution in [2.75, 3.05) is 4.72 Å². The fraction of sp³-hybridized carbons (Fsp3) is 0.0588. The number of nitrogens with one attached hydrogen (secondary N) is 1. The Hall–Kier alpha value is -2.84. The molecule has 0 aliphatic carbocycles. The third kappa shape index (κ3) is 3.71. The van der Waals surface area contributed by atoms with Gasteiger partial charge in [-0.3, -0.25) is 9.40 Å². The standard InChI is InChI=1S/C17H14ClN3O4S/c1-21-10-15(17(22)23)16(19-21)11-5-7-13(8-6-11)20-26(24,25)14-4-2-3-12(18)9-14/h2-10,20H,1H3,(H,22,23). The summed E-state index contributed by atoms with van der Waals surface area (Å²) in [6.45, 7) is 0. The Labute approximate surface area is 154 Å². The predicted octanol–water partition coefficient (Wildman–Crippen LogP) is 3.24. The van der Waals surface area contributed by atoms with Gasteiger partial charge in [0.1, 0.15) is 11.3 Å². The highest BCUT2D eigenvalue weighted by Gasteiger charge is 2.17. The summed E-state index contributed by atoms with van der Waals surface area (Å²) in [6, 6.07) is 12.2. The molecule has 1 heterocycles. The van der Waals surface area contributed by atoms with Gasteiger partial charge in [-0.15, -0.1) is 0 Å². The first-order valence-corrected chi connectivity index (χ1v) is 9.28. The number of rotatable bonds is 5. The highest BCUT2D eigenvalue weighted by molar-refractivity contribution is 7.92. The lowest BCUT2D eigenvalue weighted by atomic mass is 10.1. The lowest BCUT2D eigenvalue weighted by molar-refractivity contribution is 0.0697. The Kier molecular flexibility index (Phi) is 4.71. The van der Waals surface area contributed by atoms with Crippen LogP contribution in [0.2, 0.25) is 5.02 Å². The number of sulfonamides is 1. The molecule has 0 saturated carbocycles. The van der Waals surface area contributed by atoms with Crippen LogP contribution in [0.1, 0.15) is 10.4 Å². The molecule has 3 aromatic rings. The molecule has 3 rings (SSSR count). The monoisotopic (exact) mass is 391 g/mol. The number of aromatic nitrogens is 2. The fourth-order valence-corrected chi connectivity index (χ4v) is 3.76. The van der Waals surface area contributed by atoms with Gasteiger partial charge in [-0.05, 0) is 30.3 Å². The maximum atomic E-state index is 12.4. The number of aromatic carboxylic acids is 1. The number of carboxylic acids is 1. The van der Waals surface area contributed by atoms with Crippen LogP contribution >= 0.6 is 11.6 Å². The molecular formula is C17H14ClN3O4S. The number of hydrogen-bond acceptors (Lipinski definition) is 4. The first-order valence-electron chi connectivity index (χ1n) is 7.42. The molecule has 26 heavy (non-hydrogen) atoms. The SMILES string of the molecule is Cn1cc(C(=O)O)c(-c2ccc(NS(=O)(=O)c3cccc(Cl)c3)cc2)n1. The van der Waals surface area contributed by atoms with Gasteiger partial charge >= 0.3 is 5.97 Å². The van der Waals surface area contributed by atoms with Gasteiger partial charge in [0.15, 0.2) is 0 Å². The molecule has 0 bridgehead atoms. The lowest BCUT2D eigenvalue weighted by Gasteiger charge is -2.09. The summed E-state index contributed by atoms with van der Waals surface area (Å²) in [6.07, 6.45) is 1.41. The van der Waals surface area contributed by atoms with Crippen molar-refractivity contribution < 1.29 is 18.3 Å². The molecule has 134 valence electrons. The van der Waals surface area contributed by atoms with Gasteiger partial charge in [0, 0.05) is 29.5 Å². The second-order valence-corrected chi connectivity index (χ2v) is 7.63. The molecule has 9 heteroatoms. The summed E-state index contributed by atoms with van der Waals surface area (Å²) in [7, 11) is -2.15. The molecule has 0 aliphatic heterocycles. The Bertz CT molecular complexity index is 1080. The Morgan fingerprint density at radius 1 is 1.19 bits per heavy atom. The molecule has 0 aliphatic rings. The number of nitrogens with zero attached hydrogens (tertiary/aromatic N) is 2. The average Bonchev–Trinajstić information content (AvgIpc) is 2.97. The number of hydrogen-bond donors (Lipinski definition) is 2. The summed E-state index contributed by atoms with van der Waals surface area (Å²) < 4.78 is 28.7. The van der Waals surface area contributed by atoms with Crippen molar-refractivity contribution in [1.29, 1.82) is 0 Å². The number of carbonyl (C=O) groups is 1. The van der Waals surface area contributed by atoms with E-state index in [0.29, 0.717) is 22.0 Å². The molecule has 0 spiro atoms. The van der Waals surface area contributed by atoms with Gasteiger partial charge in [-0.1, -0.05) is 29.8 Å². The van der Waals surface area contributed by atoms with Crippen molar-refractivity contribution in [3.63, 3.8) is 0 Å². The van der Waals surface area contributed by atoms with E-state index in [0.717, 1.165) is 0 Å². The van der Waals surface area contributed by atoms with Crippen molar-refractivity contribution in [3.8, 4) is 11.3 Å². The molecule has 2 N–H and O–H groups in total. The molecule has 0 saturated heterocycles. The van der Waals surface area contributed by atoms with Crippen molar-refractivity contribution in [2.24, 2.45) is 7.05 Å². The van der Waals surface area contributed by atoms with Crippen LogP contribution in [0.4, 0.5) is 5.69 Å². The maximum Gasteiger partial charge on any atom is 0.339 e. The van der Waals surface area contributed by atoms with Crippen molar-refractivity contribution in [3.05, 3.63) is 65.3 Å². The van der Waals surface area contributed by atoms with Gasteiger partial charge < -0.3 is 5.11 Å². The predicted molar refractivity (Wildman–Crippen MR) is 97.9 cm³/mol. The molecule has 0 atom stereocenters. The van der Waals surface area contributed by atoms with Crippen molar-refractivity contribution in [2.45, 2.75) is 4.90 Å². The topological polar surface area (TPSA) is 101 Å². The van der Waals surface area contributed by atoms with Crippen LogP contribution in [-0.4, -0.2) is 29.3 Å². The van der Waals surface area contributed by atoms with E-state index in [9.17, 15) is 18.3 Å². The normalized spacial score (nSPS) is 11.3. The Balaban J connectivity index is 1.88. The Morgan fingerprint density at radius 3 is 2.50 bits per heavy atom. The van der Waals surface area contributed by atoms with Crippen LogP contribution in [0.5, 0.6) is 0 Å². The van der Waals surface area contributed by atoms with Gasteiger partial charge in [-0.25, -0.2) is 13.2 Å². The average molecular weight is 392 g/mol. The second-order valence-electron chi connectivity index (χ2n) is 5.51. The summed E-state index contributed by atoms with van der Waals surface area (Å²) in [5.74, 6) is -1.08. The van der Waals surface area contributed by atoms with E-state index in [1.807, 2.05) is 0 Å². The molecular weight excluding hydrogens is 378 g/mol. The van der Waals surface area contributed by atoms with E-state index < -0.39 is 16.0 Å². The van der Waals surface area contributed by atoms with E-state index >= 15 is 0 Å². The maximum absolute atomic E-state index is 12.4. The van der Waals surface area contributed by atoms with Crippen LogP contribution in [0, 0.1) is 0 Å².